The molecule has 2 aliphatic carbocycles. The average Bonchev–Trinajstić information content (AvgIpc) is 2.68. The Morgan fingerprint density at radius 1 is 1.21 bits per heavy atom. The Morgan fingerprint density at radius 3 is 2.71 bits per heavy atom. The highest BCUT2D eigenvalue weighted by Gasteiger charge is 2.47. The number of nitrogens with zero attached hydrogens (tertiary/aromatic N) is 2. The van der Waals surface area contributed by atoms with Crippen LogP contribution in [0.2, 0.25) is 0 Å². The first-order valence-electron chi connectivity index (χ1n) is 5.25. The monoisotopic (exact) mass is 212 g/mol. The molecule has 0 amide bonds. The molecule has 3 rings (SSSR count). The SMILES string of the molecule is ClCCc1nnc(C2CC3CC3C2)o1. The molecule has 1 aromatic heterocycles. The minimum atomic E-state index is 0.537. The molecule has 0 aliphatic heterocycles. The van der Waals surface area contributed by atoms with Gasteiger partial charge in [0.05, 0.1) is 0 Å². The van der Waals surface area contributed by atoms with Gasteiger partial charge in [-0.2, -0.15) is 0 Å². The molecule has 1 aromatic rings. The molecule has 4 heteroatoms. The van der Waals surface area contributed by atoms with E-state index in [-0.39, 0.29) is 0 Å². The van der Waals surface area contributed by atoms with Crippen molar-refractivity contribution >= 4 is 11.6 Å². The van der Waals surface area contributed by atoms with Crippen LogP contribution >= 0.6 is 11.6 Å². The second kappa shape index (κ2) is 3.23. The maximum atomic E-state index is 5.61. The smallest absolute Gasteiger partial charge is 0.219 e. The van der Waals surface area contributed by atoms with Crippen molar-refractivity contribution in [1.82, 2.24) is 10.2 Å². The van der Waals surface area contributed by atoms with Crippen LogP contribution in [-0.2, 0) is 6.42 Å². The third-order valence-corrected chi connectivity index (χ3v) is 3.57. The molecule has 0 N–H and O–H groups in total. The van der Waals surface area contributed by atoms with Crippen molar-refractivity contribution in [2.45, 2.75) is 31.6 Å². The van der Waals surface area contributed by atoms with E-state index in [0.29, 0.717) is 24.1 Å². The summed E-state index contributed by atoms with van der Waals surface area (Å²) in [5.41, 5.74) is 0. The van der Waals surface area contributed by atoms with Gasteiger partial charge in [0.25, 0.3) is 0 Å². The van der Waals surface area contributed by atoms with E-state index in [9.17, 15) is 0 Å². The Balaban J connectivity index is 1.70. The van der Waals surface area contributed by atoms with E-state index in [0.717, 1.165) is 17.7 Å². The molecule has 0 aromatic carbocycles. The van der Waals surface area contributed by atoms with Crippen molar-refractivity contribution in [3.63, 3.8) is 0 Å². The van der Waals surface area contributed by atoms with E-state index >= 15 is 0 Å². The highest BCUT2D eigenvalue weighted by Crippen LogP contribution is 2.57. The molecular formula is C10H13ClN2O. The van der Waals surface area contributed by atoms with Crippen LogP contribution in [-0.4, -0.2) is 16.1 Å². The summed E-state index contributed by atoms with van der Waals surface area (Å²) in [7, 11) is 0. The molecular weight excluding hydrogens is 200 g/mol. The highest BCUT2D eigenvalue weighted by molar-refractivity contribution is 6.17. The van der Waals surface area contributed by atoms with Gasteiger partial charge in [-0.1, -0.05) is 0 Å². The van der Waals surface area contributed by atoms with Gasteiger partial charge in [0.2, 0.25) is 11.8 Å². The standard InChI is InChI=1S/C10H13ClN2O/c11-2-1-9-12-13-10(14-9)8-4-6-3-7(6)5-8/h6-8H,1-5H2. The molecule has 2 fully saturated rings. The molecule has 0 radical (unpaired) electrons. The van der Waals surface area contributed by atoms with Gasteiger partial charge in [-0.3, -0.25) is 0 Å². The lowest BCUT2D eigenvalue weighted by Crippen LogP contribution is -1.95. The highest BCUT2D eigenvalue weighted by atomic mass is 35.5. The summed E-state index contributed by atoms with van der Waals surface area (Å²) in [5, 5.41) is 8.09. The first-order chi connectivity index (χ1) is 6.86. The summed E-state index contributed by atoms with van der Waals surface area (Å²) >= 11 is 5.61. The summed E-state index contributed by atoms with van der Waals surface area (Å²) in [6, 6.07) is 0. The largest absolute Gasteiger partial charge is 0.425 e. The first kappa shape index (κ1) is 8.72. The van der Waals surface area contributed by atoms with Crippen LogP contribution in [0, 0.1) is 11.8 Å². The van der Waals surface area contributed by atoms with Crippen molar-refractivity contribution < 1.29 is 4.42 Å². The zero-order valence-electron chi connectivity index (χ0n) is 7.95. The van der Waals surface area contributed by atoms with Gasteiger partial charge in [-0.05, 0) is 31.1 Å². The van der Waals surface area contributed by atoms with E-state index in [1.54, 1.807) is 0 Å². The number of aromatic nitrogens is 2. The maximum Gasteiger partial charge on any atom is 0.219 e. The Kier molecular flexibility index (Phi) is 2.01. The van der Waals surface area contributed by atoms with Crippen LogP contribution in [0.1, 0.15) is 37.0 Å². The number of hydrogen-bond acceptors (Lipinski definition) is 3. The maximum absolute atomic E-state index is 5.61. The summed E-state index contributed by atoms with van der Waals surface area (Å²) in [6.07, 6.45) is 4.63. The van der Waals surface area contributed by atoms with Crippen molar-refractivity contribution in [2.24, 2.45) is 11.8 Å². The molecule has 3 nitrogen and oxygen atoms in total. The van der Waals surface area contributed by atoms with Crippen molar-refractivity contribution in [2.75, 3.05) is 5.88 Å². The number of alkyl halides is 1. The van der Waals surface area contributed by atoms with Crippen LogP contribution in [0.4, 0.5) is 0 Å². The fourth-order valence-electron chi connectivity index (χ4n) is 2.53. The molecule has 0 bridgehead atoms. The molecule has 2 atom stereocenters. The lowest BCUT2D eigenvalue weighted by atomic mass is 10.0. The lowest BCUT2D eigenvalue weighted by Gasteiger charge is -2.04. The number of aryl methyl sites for hydroxylation is 1. The molecule has 14 heavy (non-hydrogen) atoms. The van der Waals surface area contributed by atoms with Gasteiger partial charge >= 0.3 is 0 Å². The Labute approximate surface area is 87.8 Å². The van der Waals surface area contributed by atoms with Crippen LogP contribution in [0.5, 0.6) is 0 Å². The first-order valence-corrected chi connectivity index (χ1v) is 5.78. The lowest BCUT2D eigenvalue weighted by molar-refractivity contribution is 0.406. The molecule has 2 unspecified atom stereocenters. The predicted octanol–water partition coefficient (Wildman–Crippen LogP) is 2.36. The fraction of sp³-hybridized carbons (Fsp3) is 0.800. The van der Waals surface area contributed by atoms with Gasteiger partial charge < -0.3 is 4.42 Å². The zero-order valence-corrected chi connectivity index (χ0v) is 8.70. The molecule has 2 saturated carbocycles. The van der Waals surface area contributed by atoms with Crippen LogP contribution in [0.25, 0.3) is 0 Å². The quantitative estimate of drug-likeness (QED) is 0.723. The molecule has 0 spiro atoms. The Hall–Kier alpha value is -0.570. The van der Waals surface area contributed by atoms with Crippen LogP contribution in [0.15, 0.2) is 4.42 Å². The summed E-state index contributed by atoms with van der Waals surface area (Å²) in [5.74, 6) is 4.55. The van der Waals surface area contributed by atoms with Crippen molar-refractivity contribution in [1.29, 1.82) is 0 Å². The van der Waals surface area contributed by atoms with E-state index in [2.05, 4.69) is 10.2 Å². The van der Waals surface area contributed by atoms with Gasteiger partial charge in [-0.25, -0.2) is 0 Å². The van der Waals surface area contributed by atoms with Gasteiger partial charge in [-0.15, -0.1) is 21.8 Å². The molecule has 1 heterocycles. The third-order valence-electron chi connectivity index (χ3n) is 3.38. The van der Waals surface area contributed by atoms with Crippen LogP contribution in [0.3, 0.4) is 0 Å². The fourth-order valence-corrected chi connectivity index (χ4v) is 2.69. The molecule has 2 aliphatic rings. The molecule has 0 saturated heterocycles. The predicted molar refractivity (Wildman–Crippen MR) is 52.3 cm³/mol. The number of hydrogen-bond donors (Lipinski definition) is 0. The van der Waals surface area contributed by atoms with Crippen LogP contribution < -0.4 is 0 Å². The van der Waals surface area contributed by atoms with Crippen molar-refractivity contribution in [3.05, 3.63) is 11.8 Å². The van der Waals surface area contributed by atoms with E-state index in [1.165, 1.54) is 19.3 Å². The Morgan fingerprint density at radius 2 is 2.00 bits per heavy atom. The van der Waals surface area contributed by atoms with Gasteiger partial charge in [0.1, 0.15) is 0 Å². The van der Waals surface area contributed by atoms with E-state index in [4.69, 9.17) is 16.0 Å². The summed E-state index contributed by atoms with van der Waals surface area (Å²) in [6.45, 7) is 0. The normalized spacial score (nSPS) is 34.5. The second-order valence-corrected chi connectivity index (χ2v) is 4.78. The van der Waals surface area contributed by atoms with E-state index in [1.807, 2.05) is 0 Å². The third kappa shape index (κ3) is 1.44. The van der Waals surface area contributed by atoms with Crippen molar-refractivity contribution in [3.8, 4) is 0 Å². The average molecular weight is 213 g/mol. The summed E-state index contributed by atoms with van der Waals surface area (Å²) < 4.78 is 5.57. The summed E-state index contributed by atoms with van der Waals surface area (Å²) in [4.78, 5) is 0. The topological polar surface area (TPSA) is 38.9 Å². The molecule has 76 valence electrons. The second-order valence-electron chi connectivity index (χ2n) is 4.40. The number of halogens is 1. The Bertz CT molecular complexity index is 329. The number of fused-ring (bicyclic) bond motifs is 1. The number of rotatable bonds is 3. The zero-order chi connectivity index (χ0) is 9.54. The minimum absolute atomic E-state index is 0.537. The van der Waals surface area contributed by atoms with E-state index < -0.39 is 0 Å². The van der Waals surface area contributed by atoms with Gasteiger partial charge in [0, 0.05) is 18.2 Å². The minimum Gasteiger partial charge on any atom is -0.425 e. The van der Waals surface area contributed by atoms with Gasteiger partial charge in [0.15, 0.2) is 0 Å².